The molecule has 18 heavy (non-hydrogen) atoms. The molecule has 0 aliphatic carbocycles. The lowest BCUT2D eigenvalue weighted by Gasteiger charge is -2.12. The van der Waals surface area contributed by atoms with Gasteiger partial charge in [-0.1, -0.05) is 12.1 Å². The quantitative estimate of drug-likeness (QED) is 0.424. The third kappa shape index (κ3) is 4.27. The first-order valence-electron chi connectivity index (χ1n) is 5.83. The average molecular weight is 251 g/mol. The molecule has 1 aromatic rings. The summed E-state index contributed by atoms with van der Waals surface area (Å²) in [5, 5.41) is 10.8. The summed E-state index contributed by atoms with van der Waals surface area (Å²) in [7, 11) is 0. The van der Waals surface area contributed by atoms with Gasteiger partial charge in [0.25, 0.3) is 5.69 Å². The minimum absolute atomic E-state index is 0.0699. The third-order valence-electron chi connectivity index (χ3n) is 2.23. The lowest BCUT2D eigenvalue weighted by molar-refractivity contribution is -0.385. The molecule has 0 bridgehead atoms. The first kappa shape index (κ1) is 14.3. The molecule has 0 amide bonds. The van der Waals surface area contributed by atoms with E-state index in [0.29, 0.717) is 18.8 Å². The molecule has 0 heterocycles. The van der Waals surface area contributed by atoms with E-state index in [0.717, 1.165) is 0 Å². The molecule has 0 unspecified atom stereocenters. The highest BCUT2D eigenvalue weighted by Crippen LogP contribution is 2.19. The Morgan fingerprint density at radius 2 is 1.89 bits per heavy atom. The molecule has 0 aliphatic heterocycles. The van der Waals surface area contributed by atoms with Gasteiger partial charge < -0.3 is 9.47 Å². The lowest BCUT2D eigenvalue weighted by atomic mass is 10.1. The van der Waals surface area contributed by atoms with Gasteiger partial charge >= 0.3 is 0 Å². The summed E-state index contributed by atoms with van der Waals surface area (Å²) in [6, 6.07) is 6.54. The number of ether oxygens (including phenoxy) is 2. The Bertz CT molecular complexity index is 411. The molecule has 0 saturated heterocycles. The molecule has 0 aliphatic rings. The topological polar surface area (TPSA) is 61.6 Å². The van der Waals surface area contributed by atoms with Crippen LogP contribution in [0.4, 0.5) is 5.69 Å². The van der Waals surface area contributed by atoms with E-state index in [1.165, 1.54) is 6.07 Å². The van der Waals surface area contributed by atoms with Gasteiger partial charge in [0.1, 0.15) is 0 Å². The van der Waals surface area contributed by atoms with Crippen molar-refractivity contribution >= 4 is 11.8 Å². The Morgan fingerprint density at radius 1 is 1.28 bits per heavy atom. The second-order valence-corrected chi connectivity index (χ2v) is 3.45. The molecule has 0 radical (unpaired) electrons. The molecule has 5 nitrogen and oxygen atoms in total. The van der Waals surface area contributed by atoms with Gasteiger partial charge in [0.05, 0.1) is 10.5 Å². The van der Waals surface area contributed by atoms with Crippen LogP contribution in [-0.4, -0.2) is 24.4 Å². The summed E-state index contributed by atoms with van der Waals surface area (Å²) in [5.74, 6) is 0. The van der Waals surface area contributed by atoms with Crippen LogP contribution in [0.2, 0.25) is 0 Å². The normalized spacial score (nSPS) is 11.3. The van der Waals surface area contributed by atoms with Crippen LogP contribution in [0.25, 0.3) is 6.08 Å². The van der Waals surface area contributed by atoms with Crippen molar-refractivity contribution in [2.75, 3.05) is 13.2 Å². The zero-order valence-electron chi connectivity index (χ0n) is 10.5. The monoisotopic (exact) mass is 251 g/mol. The standard InChI is InChI=1S/C13H17NO4/c1-3-17-13(18-4-2)10-9-11-7-5-6-8-12(11)14(15)16/h5-10,13H,3-4H2,1-2H3. The summed E-state index contributed by atoms with van der Waals surface area (Å²) >= 11 is 0. The average Bonchev–Trinajstić information content (AvgIpc) is 2.36. The van der Waals surface area contributed by atoms with Crippen molar-refractivity contribution in [2.24, 2.45) is 0 Å². The fraction of sp³-hybridized carbons (Fsp3) is 0.385. The minimum Gasteiger partial charge on any atom is -0.349 e. The predicted octanol–water partition coefficient (Wildman–Crippen LogP) is 3.01. The van der Waals surface area contributed by atoms with Crippen LogP contribution in [0.1, 0.15) is 19.4 Å². The molecule has 0 N–H and O–H groups in total. The first-order chi connectivity index (χ1) is 8.69. The number of nitrogens with zero attached hydrogens (tertiary/aromatic N) is 1. The van der Waals surface area contributed by atoms with E-state index in [9.17, 15) is 10.1 Å². The van der Waals surface area contributed by atoms with Crippen molar-refractivity contribution in [3.63, 3.8) is 0 Å². The van der Waals surface area contributed by atoms with Crippen LogP contribution in [0, 0.1) is 10.1 Å². The van der Waals surface area contributed by atoms with Gasteiger partial charge in [-0.2, -0.15) is 0 Å². The van der Waals surface area contributed by atoms with Crippen molar-refractivity contribution in [2.45, 2.75) is 20.1 Å². The summed E-state index contributed by atoms with van der Waals surface area (Å²) in [6.07, 6.45) is 2.85. The fourth-order valence-corrected chi connectivity index (χ4v) is 1.46. The summed E-state index contributed by atoms with van der Waals surface area (Å²) in [4.78, 5) is 10.4. The van der Waals surface area contributed by atoms with Gasteiger partial charge in [0, 0.05) is 19.3 Å². The van der Waals surface area contributed by atoms with Crippen LogP contribution in [-0.2, 0) is 9.47 Å². The molecule has 0 fully saturated rings. The molecular formula is C13H17NO4. The summed E-state index contributed by atoms with van der Waals surface area (Å²) < 4.78 is 10.7. The number of nitro benzene ring substituents is 1. The highest BCUT2D eigenvalue weighted by Gasteiger charge is 2.10. The lowest BCUT2D eigenvalue weighted by Crippen LogP contribution is -2.14. The van der Waals surface area contributed by atoms with E-state index in [1.807, 2.05) is 13.8 Å². The van der Waals surface area contributed by atoms with E-state index in [4.69, 9.17) is 9.47 Å². The molecule has 98 valence electrons. The number of para-hydroxylation sites is 1. The Kier molecular flexibility index (Phi) is 6.04. The van der Waals surface area contributed by atoms with Gasteiger partial charge in [-0.25, -0.2) is 0 Å². The largest absolute Gasteiger partial charge is 0.349 e. The molecular weight excluding hydrogens is 234 g/mol. The van der Waals surface area contributed by atoms with Crippen LogP contribution >= 0.6 is 0 Å². The van der Waals surface area contributed by atoms with E-state index in [-0.39, 0.29) is 5.69 Å². The van der Waals surface area contributed by atoms with Gasteiger partial charge in [-0.05, 0) is 32.1 Å². The van der Waals surface area contributed by atoms with Gasteiger partial charge in [-0.3, -0.25) is 10.1 Å². The maximum Gasteiger partial charge on any atom is 0.276 e. The van der Waals surface area contributed by atoms with Crippen LogP contribution < -0.4 is 0 Å². The van der Waals surface area contributed by atoms with Crippen molar-refractivity contribution < 1.29 is 14.4 Å². The third-order valence-corrected chi connectivity index (χ3v) is 2.23. The van der Waals surface area contributed by atoms with Crippen molar-refractivity contribution in [1.29, 1.82) is 0 Å². The maximum atomic E-state index is 10.8. The molecule has 0 spiro atoms. The van der Waals surface area contributed by atoms with E-state index < -0.39 is 11.2 Å². The number of nitro groups is 1. The SMILES string of the molecule is CCOC(C=Cc1ccccc1[N+](=O)[O-])OCC. The smallest absolute Gasteiger partial charge is 0.276 e. The molecule has 1 aromatic carbocycles. The van der Waals surface area contributed by atoms with Gasteiger partial charge in [-0.15, -0.1) is 0 Å². The maximum absolute atomic E-state index is 10.8. The second kappa shape index (κ2) is 7.58. The summed E-state index contributed by atoms with van der Waals surface area (Å²) in [5.41, 5.74) is 0.604. The van der Waals surface area contributed by atoms with Crippen molar-refractivity contribution in [1.82, 2.24) is 0 Å². The van der Waals surface area contributed by atoms with Gasteiger partial charge in [0.2, 0.25) is 0 Å². The van der Waals surface area contributed by atoms with Crippen LogP contribution in [0.5, 0.6) is 0 Å². The number of hydrogen-bond acceptors (Lipinski definition) is 4. The zero-order chi connectivity index (χ0) is 13.4. The predicted molar refractivity (Wildman–Crippen MR) is 69.2 cm³/mol. The van der Waals surface area contributed by atoms with Crippen LogP contribution in [0.15, 0.2) is 30.3 Å². The zero-order valence-corrected chi connectivity index (χ0v) is 10.5. The van der Waals surface area contributed by atoms with Gasteiger partial charge in [0.15, 0.2) is 6.29 Å². The van der Waals surface area contributed by atoms with E-state index in [1.54, 1.807) is 30.4 Å². The highest BCUT2D eigenvalue weighted by molar-refractivity contribution is 5.60. The molecule has 5 heteroatoms. The molecule has 0 aromatic heterocycles. The Morgan fingerprint density at radius 3 is 2.44 bits per heavy atom. The highest BCUT2D eigenvalue weighted by atomic mass is 16.7. The fourth-order valence-electron chi connectivity index (χ4n) is 1.46. The first-order valence-corrected chi connectivity index (χ1v) is 5.83. The van der Waals surface area contributed by atoms with E-state index in [2.05, 4.69) is 0 Å². The Balaban J connectivity index is 2.84. The molecule has 1 rings (SSSR count). The van der Waals surface area contributed by atoms with Crippen molar-refractivity contribution in [3.8, 4) is 0 Å². The van der Waals surface area contributed by atoms with Crippen molar-refractivity contribution in [3.05, 3.63) is 46.0 Å². The summed E-state index contributed by atoms with van der Waals surface area (Å²) in [6.45, 7) is 4.77. The number of hydrogen-bond donors (Lipinski definition) is 0. The molecule has 0 atom stereocenters. The second-order valence-electron chi connectivity index (χ2n) is 3.45. The molecule has 0 saturated carbocycles. The van der Waals surface area contributed by atoms with E-state index >= 15 is 0 Å². The number of rotatable bonds is 7. The number of benzene rings is 1. The Labute approximate surface area is 106 Å². The minimum atomic E-state index is -0.472. The Hall–Kier alpha value is -1.72. The van der Waals surface area contributed by atoms with Crippen LogP contribution in [0.3, 0.4) is 0 Å².